The van der Waals surface area contributed by atoms with E-state index in [0.29, 0.717) is 0 Å². The highest BCUT2D eigenvalue weighted by atomic mass is 19.1. The van der Waals surface area contributed by atoms with E-state index >= 15 is 0 Å². The van der Waals surface area contributed by atoms with Crippen LogP contribution >= 0.6 is 0 Å². The predicted molar refractivity (Wildman–Crippen MR) is 45.4 cm³/mol. The average Bonchev–Trinajstić information content (AvgIpc) is 2.17. The van der Waals surface area contributed by atoms with Crippen LogP contribution in [0.2, 0.25) is 0 Å². The zero-order valence-corrected chi connectivity index (χ0v) is 7.26. The second-order valence-corrected chi connectivity index (χ2v) is 2.77. The van der Waals surface area contributed by atoms with Crippen molar-refractivity contribution in [1.82, 2.24) is 4.98 Å². The number of nitrogens with zero attached hydrogens (tertiary/aromatic N) is 2. The van der Waals surface area contributed by atoms with Gasteiger partial charge < -0.3 is 10.2 Å². The largest absolute Gasteiger partial charge is 0.389 e. The van der Waals surface area contributed by atoms with Crippen LogP contribution in [0.1, 0.15) is 18.2 Å². The summed E-state index contributed by atoms with van der Waals surface area (Å²) in [6, 6.07) is 3.85. The standard InChI is InChI=1S/C9H9FN2O2/c10-6-2-4-12-7(5-6)9(14)8(13)1-3-11/h2,4-5,8-9,13-14H,1H2. The molecule has 0 aliphatic heterocycles. The molecule has 0 aromatic carbocycles. The monoisotopic (exact) mass is 196 g/mol. The van der Waals surface area contributed by atoms with Crippen molar-refractivity contribution in [3.63, 3.8) is 0 Å². The molecule has 0 amide bonds. The van der Waals surface area contributed by atoms with Gasteiger partial charge in [-0.05, 0) is 12.1 Å². The van der Waals surface area contributed by atoms with Crippen LogP contribution in [0.3, 0.4) is 0 Å². The fourth-order valence-electron chi connectivity index (χ4n) is 0.985. The first-order chi connectivity index (χ1) is 6.65. The summed E-state index contributed by atoms with van der Waals surface area (Å²) in [5.41, 5.74) is 0.0211. The second kappa shape index (κ2) is 4.65. The molecular formula is C9H9FN2O2. The summed E-state index contributed by atoms with van der Waals surface area (Å²) in [6.07, 6.45) is -1.61. The van der Waals surface area contributed by atoms with E-state index < -0.39 is 18.0 Å². The van der Waals surface area contributed by atoms with E-state index in [-0.39, 0.29) is 12.1 Å². The number of rotatable bonds is 3. The van der Waals surface area contributed by atoms with Crippen LogP contribution in [-0.4, -0.2) is 21.3 Å². The Bertz CT molecular complexity index is 351. The number of hydrogen-bond acceptors (Lipinski definition) is 4. The van der Waals surface area contributed by atoms with Crippen LogP contribution in [-0.2, 0) is 0 Å². The average molecular weight is 196 g/mol. The number of aliphatic hydroxyl groups excluding tert-OH is 2. The first-order valence-corrected chi connectivity index (χ1v) is 3.99. The first kappa shape index (κ1) is 10.6. The Hall–Kier alpha value is -1.51. The lowest BCUT2D eigenvalue weighted by Crippen LogP contribution is -2.18. The molecule has 1 aromatic heterocycles. The second-order valence-electron chi connectivity index (χ2n) is 2.77. The molecule has 0 fully saturated rings. The molecule has 0 saturated heterocycles. The highest BCUT2D eigenvalue weighted by Gasteiger charge is 2.19. The third-order valence-electron chi connectivity index (χ3n) is 1.71. The summed E-state index contributed by atoms with van der Waals surface area (Å²) >= 11 is 0. The molecule has 1 aromatic rings. The molecule has 0 radical (unpaired) electrons. The minimum Gasteiger partial charge on any atom is -0.389 e. The maximum atomic E-state index is 12.7. The Kier molecular flexibility index (Phi) is 3.51. The van der Waals surface area contributed by atoms with Gasteiger partial charge in [-0.1, -0.05) is 0 Å². The zero-order chi connectivity index (χ0) is 10.6. The van der Waals surface area contributed by atoms with Gasteiger partial charge in [-0.15, -0.1) is 0 Å². The van der Waals surface area contributed by atoms with Crippen LogP contribution in [0, 0.1) is 17.1 Å². The molecule has 14 heavy (non-hydrogen) atoms. The van der Waals surface area contributed by atoms with Gasteiger partial charge in [-0.25, -0.2) is 4.39 Å². The number of nitriles is 1. The molecule has 5 heteroatoms. The van der Waals surface area contributed by atoms with Crippen LogP contribution in [0.15, 0.2) is 18.3 Å². The van der Waals surface area contributed by atoms with E-state index in [1.54, 1.807) is 6.07 Å². The van der Waals surface area contributed by atoms with Crippen molar-refractivity contribution in [2.24, 2.45) is 0 Å². The number of halogens is 1. The normalized spacial score (nSPS) is 14.4. The molecule has 0 saturated carbocycles. The van der Waals surface area contributed by atoms with Gasteiger partial charge in [0.15, 0.2) is 0 Å². The fourth-order valence-corrected chi connectivity index (χ4v) is 0.985. The minimum atomic E-state index is -1.33. The van der Waals surface area contributed by atoms with E-state index in [9.17, 15) is 14.6 Å². The van der Waals surface area contributed by atoms with Crippen LogP contribution < -0.4 is 0 Å². The highest BCUT2D eigenvalue weighted by Crippen LogP contribution is 2.16. The van der Waals surface area contributed by atoms with Gasteiger partial charge in [0, 0.05) is 6.20 Å². The van der Waals surface area contributed by atoms with Gasteiger partial charge in [0.25, 0.3) is 0 Å². The van der Waals surface area contributed by atoms with Crippen LogP contribution in [0.5, 0.6) is 0 Å². The molecule has 2 atom stereocenters. The Labute approximate surface area is 80.3 Å². The van der Waals surface area contributed by atoms with Gasteiger partial charge in [-0.3, -0.25) is 4.98 Å². The molecular weight excluding hydrogens is 187 g/mol. The van der Waals surface area contributed by atoms with Crippen molar-refractivity contribution in [1.29, 1.82) is 5.26 Å². The summed E-state index contributed by atoms with van der Waals surface area (Å²) in [7, 11) is 0. The third kappa shape index (κ3) is 2.49. The molecule has 74 valence electrons. The van der Waals surface area contributed by atoms with Gasteiger partial charge in [0.2, 0.25) is 0 Å². The van der Waals surface area contributed by atoms with Gasteiger partial charge in [-0.2, -0.15) is 5.26 Å². The summed E-state index contributed by atoms with van der Waals surface area (Å²) in [5, 5.41) is 26.9. The predicted octanol–water partition coefficient (Wildman–Crippen LogP) is 0.529. The Morgan fingerprint density at radius 1 is 1.57 bits per heavy atom. The first-order valence-electron chi connectivity index (χ1n) is 3.99. The van der Waals surface area contributed by atoms with E-state index in [0.717, 1.165) is 12.1 Å². The fraction of sp³-hybridized carbons (Fsp3) is 0.333. The van der Waals surface area contributed by atoms with Crippen molar-refractivity contribution in [3.05, 3.63) is 29.8 Å². The summed E-state index contributed by atoms with van der Waals surface area (Å²) < 4.78 is 12.7. The quantitative estimate of drug-likeness (QED) is 0.739. The van der Waals surface area contributed by atoms with Gasteiger partial charge in [0.05, 0.1) is 24.3 Å². The van der Waals surface area contributed by atoms with Gasteiger partial charge in [0.1, 0.15) is 11.9 Å². The molecule has 0 aliphatic rings. The third-order valence-corrected chi connectivity index (χ3v) is 1.71. The van der Waals surface area contributed by atoms with Crippen LogP contribution in [0.25, 0.3) is 0 Å². The molecule has 1 rings (SSSR count). The maximum absolute atomic E-state index is 12.7. The molecule has 0 bridgehead atoms. The summed E-state index contributed by atoms with van der Waals surface area (Å²) in [6.45, 7) is 0. The van der Waals surface area contributed by atoms with Crippen molar-refractivity contribution >= 4 is 0 Å². The number of aliphatic hydroxyl groups is 2. The van der Waals surface area contributed by atoms with E-state index in [1.807, 2.05) is 0 Å². The van der Waals surface area contributed by atoms with E-state index in [1.165, 1.54) is 6.20 Å². The summed E-state index contributed by atoms with van der Waals surface area (Å²) in [4.78, 5) is 3.68. The zero-order valence-electron chi connectivity index (χ0n) is 7.26. The van der Waals surface area contributed by atoms with Crippen molar-refractivity contribution in [2.45, 2.75) is 18.6 Å². The lowest BCUT2D eigenvalue weighted by molar-refractivity contribution is 0.0188. The SMILES string of the molecule is N#CCC(O)C(O)c1cc(F)ccn1. The summed E-state index contributed by atoms with van der Waals surface area (Å²) in [5.74, 6) is -0.543. The molecule has 2 N–H and O–H groups in total. The number of pyridine rings is 1. The van der Waals surface area contributed by atoms with Crippen molar-refractivity contribution in [3.8, 4) is 6.07 Å². The van der Waals surface area contributed by atoms with Crippen LogP contribution in [0.4, 0.5) is 4.39 Å². The molecule has 2 unspecified atom stereocenters. The Balaban J connectivity index is 2.79. The van der Waals surface area contributed by atoms with Crippen molar-refractivity contribution < 1.29 is 14.6 Å². The number of aromatic nitrogens is 1. The highest BCUT2D eigenvalue weighted by molar-refractivity contribution is 5.10. The number of hydrogen-bond donors (Lipinski definition) is 2. The topological polar surface area (TPSA) is 77.1 Å². The minimum absolute atomic E-state index is 0.0211. The lowest BCUT2D eigenvalue weighted by Gasteiger charge is -2.13. The Morgan fingerprint density at radius 3 is 2.86 bits per heavy atom. The Morgan fingerprint density at radius 2 is 2.29 bits per heavy atom. The lowest BCUT2D eigenvalue weighted by atomic mass is 10.1. The van der Waals surface area contributed by atoms with E-state index in [2.05, 4.69) is 4.98 Å². The molecule has 0 spiro atoms. The molecule has 0 aliphatic carbocycles. The molecule has 1 heterocycles. The van der Waals surface area contributed by atoms with Gasteiger partial charge >= 0.3 is 0 Å². The smallest absolute Gasteiger partial charge is 0.126 e. The maximum Gasteiger partial charge on any atom is 0.126 e. The van der Waals surface area contributed by atoms with Crippen molar-refractivity contribution in [2.75, 3.05) is 0 Å². The molecule has 4 nitrogen and oxygen atoms in total. The van der Waals surface area contributed by atoms with E-state index in [4.69, 9.17) is 5.26 Å².